The Bertz CT molecular complexity index is 797. The van der Waals surface area contributed by atoms with Gasteiger partial charge in [0, 0.05) is 45.8 Å². The van der Waals surface area contributed by atoms with Gasteiger partial charge in [-0.05, 0) is 24.3 Å². The molecule has 0 spiro atoms. The van der Waals surface area contributed by atoms with E-state index in [1.165, 1.54) is 4.90 Å². The van der Waals surface area contributed by atoms with Crippen LogP contribution in [-0.4, -0.2) is 78.9 Å². The van der Waals surface area contributed by atoms with E-state index >= 15 is 0 Å². The maximum atomic E-state index is 12.4. The zero-order chi connectivity index (χ0) is 19.3. The van der Waals surface area contributed by atoms with Gasteiger partial charge < -0.3 is 4.74 Å². The maximum Gasteiger partial charge on any atom is 0.261 e. The molecule has 0 atom stereocenters. The summed E-state index contributed by atoms with van der Waals surface area (Å²) in [5, 5.41) is 0. The number of carbonyl (C=O) groups excluding carboxylic acids is 2. The Morgan fingerprint density at radius 3 is 1.82 bits per heavy atom. The van der Waals surface area contributed by atoms with Crippen LogP contribution in [0, 0.1) is 0 Å². The van der Waals surface area contributed by atoms with Gasteiger partial charge in [0.25, 0.3) is 11.8 Å². The van der Waals surface area contributed by atoms with Crippen LogP contribution in [0.15, 0.2) is 54.6 Å². The van der Waals surface area contributed by atoms with Crippen molar-refractivity contribution in [2.75, 3.05) is 52.4 Å². The average Bonchev–Trinajstić information content (AvgIpc) is 2.99. The van der Waals surface area contributed by atoms with E-state index in [0.29, 0.717) is 24.3 Å². The van der Waals surface area contributed by atoms with Gasteiger partial charge in [0.15, 0.2) is 0 Å². The van der Waals surface area contributed by atoms with Gasteiger partial charge in [-0.2, -0.15) is 0 Å². The first-order valence-corrected chi connectivity index (χ1v) is 9.80. The van der Waals surface area contributed by atoms with Crippen molar-refractivity contribution in [3.05, 3.63) is 65.7 Å². The average molecular weight is 379 g/mol. The summed E-state index contributed by atoms with van der Waals surface area (Å²) in [6, 6.07) is 16.9. The second-order valence-electron chi connectivity index (χ2n) is 7.15. The predicted octanol–water partition coefficient (Wildman–Crippen LogP) is 1.98. The zero-order valence-electron chi connectivity index (χ0n) is 15.9. The van der Waals surface area contributed by atoms with Crippen molar-refractivity contribution < 1.29 is 14.3 Å². The molecule has 2 amide bonds. The molecule has 4 rings (SSSR count). The Morgan fingerprint density at radius 1 is 0.679 bits per heavy atom. The highest BCUT2D eigenvalue weighted by atomic mass is 16.5. The number of ether oxygens (including phenoxy) is 1. The van der Waals surface area contributed by atoms with Gasteiger partial charge in [0.2, 0.25) is 0 Å². The van der Waals surface area contributed by atoms with Crippen LogP contribution in [0.2, 0.25) is 0 Å². The highest BCUT2D eigenvalue weighted by molar-refractivity contribution is 6.21. The second kappa shape index (κ2) is 8.54. The van der Waals surface area contributed by atoms with Crippen LogP contribution in [0.1, 0.15) is 20.7 Å². The number of nitrogens with zero attached hydrogens (tertiary/aromatic N) is 3. The van der Waals surface area contributed by atoms with Gasteiger partial charge in [0.05, 0.1) is 11.1 Å². The lowest BCUT2D eigenvalue weighted by atomic mass is 10.1. The first kappa shape index (κ1) is 18.7. The minimum atomic E-state index is -0.169. The fraction of sp³-hybridized carbons (Fsp3) is 0.364. The third-order valence-corrected chi connectivity index (χ3v) is 5.40. The molecular formula is C22H25N3O3. The highest BCUT2D eigenvalue weighted by Crippen LogP contribution is 2.22. The number of piperazine rings is 1. The van der Waals surface area contributed by atoms with Crippen molar-refractivity contribution in [3.8, 4) is 5.75 Å². The number of rotatable bonds is 7. The van der Waals surface area contributed by atoms with E-state index in [9.17, 15) is 9.59 Å². The molecule has 0 bridgehead atoms. The lowest BCUT2D eigenvalue weighted by Gasteiger charge is -2.35. The molecule has 6 nitrogen and oxygen atoms in total. The molecule has 28 heavy (non-hydrogen) atoms. The van der Waals surface area contributed by atoms with Gasteiger partial charge in [0.1, 0.15) is 12.4 Å². The monoisotopic (exact) mass is 379 g/mol. The summed E-state index contributed by atoms with van der Waals surface area (Å²) in [6.07, 6.45) is 0. The number of benzene rings is 2. The van der Waals surface area contributed by atoms with Crippen LogP contribution in [0.3, 0.4) is 0 Å². The number of fused-ring (bicyclic) bond motifs is 1. The van der Waals surface area contributed by atoms with E-state index in [0.717, 1.165) is 45.0 Å². The molecule has 0 radical (unpaired) electrons. The third-order valence-electron chi connectivity index (χ3n) is 5.40. The number of amides is 2. The minimum absolute atomic E-state index is 0.169. The second-order valence-corrected chi connectivity index (χ2v) is 7.15. The quantitative estimate of drug-likeness (QED) is 0.689. The van der Waals surface area contributed by atoms with Gasteiger partial charge in [-0.1, -0.05) is 30.3 Å². The van der Waals surface area contributed by atoms with Crippen LogP contribution in [0.4, 0.5) is 0 Å². The number of hydrogen-bond acceptors (Lipinski definition) is 5. The molecule has 2 aromatic rings. The van der Waals surface area contributed by atoms with Crippen molar-refractivity contribution in [2.24, 2.45) is 0 Å². The molecule has 6 heteroatoms. The summed E-state index contributed by atoms with van der Waals surface area (Å²) in [5.41, 5.74) is 1.05. The molecule has 2 aliphatic heterocycles. The molecule has 0 aliphatic carbocycles. The summed E-state index contributed by atoms with van der Waals surface area (Å²) in [6.45, 7) is 6.58. The zero-order valence-corrected chi connectivity index (χ0v) is 15.9. The van der Waals surface area contributed by atoms with E-state index < -0.39 is 0 Å². The number of para-hydroxylation sites is 1. The van der Waals surface area contributed by atoms with Crippen LogP contribution in [-0.2, 0) is 0 Å². The molecule has 1 fully saturated rings. The minimum Gasteiger partial charge on any atom is -0.492 e. The molecule has 0 saturated carbocycles. The first-order chi connectivity index (χ1) is 13.7. The summed E-state index contributed by atoms with van der Waals surface area (Å²) < 4.78 is 5.77. The number of imide groups is 1. The van der Waals surface area contributed by atoms with E-state index in [-0.39, 0.29) is 11.8 Å². The molecule has 2 heterocycles. The first-order valence-electron chi connectivity index (χ1n) is 9.80. The molecule has 2 aliphatic rings. The van der Waals surface area contributed by atoms with Crippen molar-refractivity contribution in [1.82, 2.24) is 14.7 Å². The fourth-order valence-corrected chi connectivity index (χ4v) is 3.73. The maximum absolute atomic E-state index is 12.4. The van der Waals surface area contributed by atoms with E-state index in [1.54, 1.807) is 24.3 Å². The van der Waals surface area contributed by atoms with Gasteiger partial charge >= 0.3 is 0 Å². The summed E-state index contributed by atoms with van der Waals surface area (Å²) in [4.78, 5) is 31.0. The van der Waals surface area contributed by atoms with Crippen molar-refractivity contribution >= 4 is 11.8 Å². The van der Waals surface area contributed by atoms with Gasteiger partial charge in [-0.3, -0.25) is 24.3 Å². The Hall–Kier alpha value is -2.70. The van der Waals surface area contributed by atoms with E-state index in [4.69, 9.17) is 4.74 Å². The van der Waals surface area contributed by atoms with Crippen molar-refractivity contribution in [1.29, 1.82) is 0 Å². The topological polar surface area (TPSA) is 53.1 Å². The molecular weight excluding hydrogens is 354 g/mol. The molecule has 0 aromatic heterocycles. The Balaban J connectivity index is 1.18. The molecule has 1 saturated heterocycles. The summed E-state index contributed by atoms with van der Waals surface area (Å²) in [7, 11) is 0. The fourth-order valence-electron chi connectivity index (χ4n) is 3.73. The Labute approximate surface area is 165 Å². The number of hydrogen-bond donors (Lipinski definition) is 0. The van der Waals surface area contributed by atoms with Crippen LogP contribution in [0.5, 0.6) is 5.75 Å². The Morgan fingerprint density at radius 2 is 1.21 bits per heavy atom. The Kier molecular flexibility index (Phi) is 5.69. The smallest absolute Gasteiger partial charge is 0.261 e. The van der Waals surface area contributed by atoms with Crippen LogP contribution in [0.25, 0.3) is 0 Å². The van der Waals surface area contributed by atoms with Gasteiger partial charge in [-0.15, -0.1) is 0 Å². The lowest BCUT2D eigenvalue weighted by molar-refractivity contribution is 0.0610. The normalized spacial score (nSPS) is 17.8. The largest absolute Gasteiger partial charge is 0.492 e. The molecule has 2 aromatic carbocycles. The highest BCUT2D eigenvalue weighted by Gasteiger charge is 2.35. The van der Waals surface area contributed by atoms with Crippen LogP contribution < -0.4 is 4.74 Å². The molecule has 0 unspecified atom stereocenters. The molecule has 0 N–H and O–H groups in total. The lowest BCUT2D eigenvalue weighted by Crippen LogP contribution is -2.49. The summed E-state index contributed by atoms with van der Waals surface area (Å²) >= 11 is 0. The van der Waals surface area contributed by atoms with Crippen molar-refractivity contribution in [2.45, 2.75) is 0 Å². The molecule has 146 valence electrons. The third kappa shape index (κ3) is 4.08. The van der Waals surface area contributed by atoms with Gasteiger partial charge in [-0.25, -0.2) is 0 Å². The van der Waals surface area contributed by atoms with E-state index in [1.807, 2.05) is 30.3 Å². The predicted molar refractivity (Wildman–Crippen MR) is 107 cm³/mol. The number of carbonyl (C=O) groups is 2. The van der Waals surface area contributed by atoms with Crippen LogP contribution >= 0.6 is 0 Å². The standard InChI is InChI=1S/C22H25N3O3/c26-21-19-8-4-5-9-20(19)22(27)25(21)15-14-23-10-12-24(13-11-23)16-17-28-18-6-2-1-3-7-18/h1-9H,10-17H2. The summed E-state index contributed by atoms with van der Waals surface area (Å²) in [5.74, 6) is 0.566. The SMILES string of the molecule is O=C1c2ccccc2C(=O)N1CCN1CCN(CCOc2ccccc2)CC1. The van der Waals surface area contributed by atoms with E-state index in [2.05, 4.69) is 9.80 Å². The van der Waals surface area contributed by atoms with Crippen molar-refractivity contribution in [3.63, 3.8) is 0 Å².